The van der Waals surface area contributed by atoms with Gasteiger partial charge < -0.3 is 29.7 Å². The number of methoxy groups -OCH3 is 3. The molecule has 0 saturated carbocycles. The molecule has 0 saturated heterocycles. The van der Waals surface area contributed by atoms with Crippen molar-refractivity contribution in [1.82, 2.24) is 5.32 Å². The van der Waals surface area contributed by atoms with Gasteiger partial charge in [0.1, 0.15) is 0 Å². The highest BCUT2D eigenvalue weighted by molar-refractivity contribution is 7.80. The lowest BCUT2D eigenvalue weighted by Gasteiger charge is -2.20. The molecule has 1 amide bonds. The second kappa shape index (κ2) is 9.75. The number of amides is 1. The second-order valence-electron chi connectivity index (χ2n) is 5.65. The maximum absolute atomic E-state index is 13.4. The number of carbonyl (C=O) groups is 1. The van der Waals surface area contributed by atoms with Crippen LogP contribution in [0.1, 0.15) is 0 Å². The molecule has 28 heavy (non-hydrogen) atoms. The first-order valence-electron chi connectivity index (χ1n) is 8.26. The van der Waals surface area contributed by atoms with E-state index in [0.717, 1.165) is 0 Å². The first kappa shape index (κ1) is 21.2. The smallest absolute Gasteiger partial charge is 0.246 e. The summed E-state index contributed by atoms with van der Waals surface area (Å²) in [6, 6.07) is 9.43. The average Bonchev–Trinajstić information content (AvgIpc) is 2.72. The lowest BCUT2D eigenvalue weighted by molar-refractivity contribution is -0.117. The van der Waals surface area contributed by atoms with Gasteiger partial charge >= 0.3 is 0 Å². The zero-order chi connectivity index (χ0) is 20.7. The monoisotopic (exact) mass is 407 g/mol. The summed E-state index contributed by atoms with van der Waals surface area (Å²) in [6.45, 7) is -0.0327. The third-order valence-corrected chi connectivity index (χ3v) is 4.18. The first-order valence-corrected chi connectivity index (χ1v) is 8.67. The lowest BCUT2D eigenvalue weighted by atomic mass is 10.2. The Balaban J connectivity index is 1.94. The van der Waals surface area contributed by atoms with Crippen molar-refractivity contribution < 1.29 is 23.4 Å². The van der Waals surface area contributed by atoms with Gasteiger partial charge in [0.15, 0.2) is 28.2 Å². The predicted octanol–water partition coefficient (Wildman–Crippen LogP) is 2.80. The van der Waals surface area contributed by atoms with Crippen molar-refractivity contribution in [3.05, 3.63) is 42.2 Å². The maximum atomic E-state index is 13.4. The van der Waals surface area contributed by atoms with Crippen LogP contribution in [0.3, 0.4) is 0 Å². The molecule has 0 aliphatic heterocycles. The molecule has 7 nitrogen and oxygen atoms in total. The van der Waals surface area contributed by atoms with Gasteiger partial charge in [-0.15, -0.1) is 0 Å². The van der Waals surface area contributed by atoms with Crippen molar-refractivity contribution in [3.63, 3.8) is 0 Å². The average molecular weight is 407 g/mol. The fraction of sp³-hybridized carbons (Fsp3) is 0.263. The number of thiocarbonyl (C=S) groups is 1. The molecule has 0 heterocycles. The molecule has 0 atom stereocenters. The number of carbonyl (C=O) groups excluding carboxylic acids is 1. The highest BCUT2D eigenvalue weighted by Crippen LogP contribution is 2.31. The van der Waals surface area contributed by atoms with Crippen LogP contribution >= 0.6 is 12.2 Å². The van der Waals surface area contributed by atoms with Gasteiger partial charge in [0.05, 0.1) is 27.9 Å². The summed E-state index contributed by atoms with van der Waals surface area (Å²) in [5.41, 5.74) is 1.18. The standard InChI is InChI=1S/C19H22FN3O4S/c1-23(13-6-8-15(25-2)17(10-13)27-4)18(24)11-21-19(28)22-12-5-7-14(20)16(9-12)26-3/h5-10H,11H2,1-4H3,(H2,21,22,28). The van der Waals surface area contributed by atoms with Crippen molar-refractivity contribution in [2.75, 3.05) is 45.1 Å². The Bertz CT molecular complexity index is 863. The van der Waals surface area contributed by atoms with E-state index in [-0.39, 0.29) is 23.3 Å². The topological polar surface area (TPSA) is 72.1 Å². The molecular formula is C19H22FN3O4S. The van der Waals surface area contributed by atoms with E-state index in [0.29, 0.717) is 22.9 Å². The van der Waals surface area contributed by atoms with Crippen LogP contribution in [0.15, 0.2) is 36.4 Å². The van der Waals surface area contributed by atoms with E-state index < -0.39 is 5.82 Å². The summed E-state index contributed by atoms with van der Waals surface area (Å²) >= 11 is 5.18. The number of benzene rings is 2. The van der Waals surface area contributed by atoms with E-state index in [4.69, 9.17) is 26.4 Å². The molecule has 0 aliphatic rings. The molecule has 0 radical (unpaired) electrons. The van der Waals surface area contributed by atoms with Crippen LogP contribution in [0.2, 0.25) is 0 Å². The SMILES string of the molecule is COc1cc(NC(=S)NCC(=O)N(C)c2ccc(OC)c(OC)c2)ccc1F. The van der Waals surface area contributed by atoms with Gasteiger partial charge in [-0.1, -0.05) is 0 Å². The van der Waals surface area contributed by atoms with Crippen LogP contribution in [0.5, 0.6) is 17.2 Å². The Morgan fingerprint density at radius 1 is 1.04 bits per heavy atom. The van der Waals surface area contributed by atoms with Crippen molar-refractivity contribution >= 4 is 34.6 Å². The Hall–Kier alpha value is -3.07. The summed E-state index contributed by atoms with van der Waals surface area (Å²) in [5.74, 6) is 0.504. The van der Waals surface area contributed by atoms with Crippen molar-refractivity contribution in [2.45, 2.75) is 0 Å². The van der Waals surface area contributed by atoms with E-state index in [1.54, 1.807) is 32.4 Å². The summed E-state index contributed by atoms with van der Waals surface area (Å²) in [4.78, 5) is 13.9. The number of halogens is 1. The molecule has 2 aromatic rings. The van der Waals surface area contributed by atoms with Crippen LogP contribution < -0.4 is 29.7 Å². The number of nitrogens with one attached hydrogen (secondary N) is 2. The minimum Gasteiger partial charge on any atom is -0.494 e. The molecule has 0 bridgehead atoms. The normalized spacial score (nSPS) is 10.0. The quantitative estimate of drug-likeness (QED) is 0.684. The predicted molar refractivity (Wildman–Crippen MR) is 110 cm³/mol. The highest BCUT2D eigenvalue weighted by Gasteiger charge is 2.14. The zero-order valence-electron chi connectivity index (χ0n) is 16.0. The third-order valence-electron chi connectivity index (χ3n) is 3.94. The molecular weight excluding hydrogens is 385 g/mol. The van der Waals surface area contributed by atoms with Crippen molar-refractivity contribution in [1.29, 1.82) is 0 Å². The van der Waals surface area contributed by atoms with Crippen LogP contribution in [-0.2, 0) is 4.79 Å². The first-order chi connectivity index (χ1) is 13.4. The largest absolute Gasteiger partial charge is 0.494 e. The fourth-order valence-electron chi connectivity index (χ4n) is 2.36. The molecule has 2 rings (SSSR count). The van der Waals surface area contributed by atoms with Gasteiger partial charge in [0.25, 0.3) is 0 Å². The van der Waals surface area contributed by atoms with Gasteiger partial charge in [0.2, 0.25) is 5.91 Å². The van der Waals surface area contributed by atoms with Gasteiger partial charge in [-0.2, -0.15) is 0 Å². The number of rotatable bonds is 7. The maximum Gasteiger partial charge on any atom is 0.246 e. The fourth-order valence-corrected chi connectivity index (χ4v) is 2.55. The van der Waals surface area contributed by atoms with E-state index in [1.165, 1.54) is 37.3 Å². The van der Waals surface area contributed by atoms with Crippen LogP contribution in [0.4, 0.5) is 15.8 Å². The number of nitrogens with zero attached hydrogens (tertiary/aromatic N) is 1. The molecule has 0 fully saturated rings. The number of anilines is 2. The third kappa shape index (κ3) is 5.23. The molecule has 0 aromatic heterocycles. The number of likely N-dealkylation sites (N-methyl/N-ethyl adjacent to an activating group) is 1. The zero-order valence-corrected chi connectivity index (χ0v) is 16.9. The van der Waals surface area contributed by atoms with E-state index >= 15 is 0 Å². The van der Waals surface area contributed by atoms with Crippen LogP contribution in [-0.4, -0.2) is 45.9 Å². The number of ether oxygens (including phenoxy) is 3. The second-order valence-corrected chi connectivity index (χ2v) is 6.06. The Morgan fingerprint density at radius 3 is 2.36 bits per heavy atom. The molecule has 9 heteroatoms. The molecule has 0 spiro atoms. The Kier molecular flexibility index (Phi) is 7.39. The summed E-state index contributed by atoms with van der Waals surface area (Å²) in [5, 5.41) is 5.93. The minimum atomic E-state index is -0.473. The summed E-state index contributed by atoms with van der Waals surface area (Å²) < 4.78 is 28.8. The molecule has 2 N–H and O–H groups in total. The van der Waals surface area contributed by atoms with E-state index in [1.807, 2.05) is 0 Å². The van der Waals surface area contributed by atoms with Crippen LogP contribution in [0.25, 0.3) is 0 Å². The van der Waals surface area contributed by atoms with E-state index in [2.05, 4.69) is 10.6 Å². The summed E-state index contributed by atoms with van der Waals surface area (Å²) in [7, 11) is 6.09. The molecule has 0 aliphatic carbocycles. The highest BCUT2D eigenvalue weighted by atomic mass is 32.1. The van der Waals surface area contributed by atoms with Crippen molar-refractivity contribution in [2.24, 2.45) is 0 Å². The Labute approximate surface area is 168 Å². The minimum absolute atomic E-state index is 0.0327. The van der Waals surface area contributed by atoms with Gasteiger partial charge in [-0.3, -0.25) is 4.79 Å². The summed E-state index contributed by atoms with van der Waals surface area (Å²) in [6.07, 6.45) is 0. The van der Waals surface area contributed by atoms with Crippen molar-refractivity contribution in [3.8, 4) is 17.2 Å². The van der Waals surface area contributed by atoms with Gasteiger partial charge in [-0.25, -0.2) is 4.39 Å². The number of hydrogen-bond acceptors (Lipinski definition) is 5. The number of hydrogen-bond donors (Lipinski definition) is 2. The van der Waals surface area contributed by atoms with Crippen LogP contribution in [0, 0.1) is 5.82 Å². The van der Waals surface area contributed by atoms with Gasteiger partial charge in [-0.05, 0) is 36.5 Å². The lowest BCUT2D eigenvalue weighted by Crippen LogP contribution is -2.39. The molecule has 2 aromatic carbocycles. The Morgan fingerprint density at radius 2 is 1.71 bits per heavy atom. The van der Waals surface area contributed by atoms with E-state index in [9.17, 15) is 9.18 Å². The van der Waals surface area contributed by atoms with Gasteiger partial charge in [0, 0.05) is 30.6 Å². The molecule has 150 valence electrons. The molecule has 0 unspecified atom stereocenters.